The van der Waals surface area contributed by atoms with Crippen molar-refractivity contribution in [2.24, 2.45) is 28.6 Å². The molecule has 4 heterocycles. The molecule has 7 aliphatic rings. The zero-order chi connectivity index (χ0) is 34.1. The Kier molecular flexibility index (Phi) is 6.49. The maximum Gasteiger partial charge on any atom is 0.192 e. The smallest absolute Gasteiger partial charge is 0.192 e. The first-order valence-corrected chi connectivity index (χ1v) is 19.9. The molecule has 258 valence electrons. The third-order valence-electron chi connectivity index (χ3n) is 15.3. The van der Waals surface area contributed by atoms with Gasteiger partial charge in [0.25, 0.3) is 0 Å². The summed E-state index contributed by atoms with van der Waals surface area (Å²) in [5, 5.41) is 13.4. The fourth-order valence-corrected chi connectivity index (χ4v) is 14.4. The van der Waals surface area contributed by atoms with Gasteiger partial charge in [-0.1, -0.05) is 39.8 Å². The van der Waals surface area contributed by atoms with Crippen molar-refractivity contribution < 1.29 is 19.4 Å². The molecule has 1 aromatic heterocycles. The number of ketones is 1. The second kappa shape index (κ2) is 9.72. The van der Waals surface area contributed by atoms with Crippen molar-refractivity contribution in [3.63, 3.8) is 0 Å². The Balaban J connectivity index is 1.26. The van der Waals surface area contributed by atoms with Gasteiger partial charge in [-0.3, -0.25) is 4.79 Å². The molecular weight excluding hydrogens is 615 g/mol. The van der Waals surface area contributed by atoms with Gasteiger partial charge in [-0.2, -0.15) is 0 Å². The van der Waals surface area contributed by atoms with Crippen molar-refractivity contribution in [3.8, 4) is 0 Å². The van der Waals surface area contributed by atoms with Gasteiger partial charge in [0.05, 0.1) is 34.5 Å². The maximum atomic E-state index is 14.9. The third-order valence-corrected chi connectivity index (χ3v) is 16.3. The predicted octanol–water partition coefficient (Wildman–Crippen LogP) is 9.49. The van der Waals surface area contributed by atoms with Crippen LogP contribution >= 0.6 is 11.8 Å². The first-order valence-electron chi connectivity index (χ1n) is 18.8. The Morgan fingerprint density at radius 3 is 2.54 bits per heavy atom. The summed E-state index contributed by atoms with van der Waals surface area (Å²) >= 11 is 1.98. The average molecular weight is 670 g/mol. The molecule has 10 atom stereocenters. The summed E-state index contributed by atoms with van der Waals surface area (Å²) in [5.74, 6) is 2.11. The minimum Gasteiger partial charge on any atom is -0.388 e. The van der Waals surface area contributed by atoms with E-state index in [9.17, 15) is 9.90 Å². The lowest BCUT2D eigenvalue weighted by Gasteiger charge is -2.66. The van der Waals surface area contributed by atoms with Crippen LogP contribution in [-0.2, 0) is 21.3 Å². The monoisotopic (exact) mass is 669 g/mol. The summed E-state index contributed by atoms with van der Waals surface area (Å²) in [6.07, 6.45) is 9.93. The number of ether oxygens (including phenoxy) is 2. The number of aliphatic hydroxyl groups excluding tert-OH is 1. The van der Waals surface area contributed by atoms with Gasteiger partial charge in [-0.25, -0.2) is 0 Å². The topological polar surface area (TPSA) is 60.7 Å². The minimum absolute atomic E-state index is 0.0730. The standard InChI is InChI=1S/C42H55NO4S/c1-11-48-29-15-16-40(8)27-13-12-22-18-25-24-19-23-26-20-38(4,5)47-39(6,7)32(26)35(44)30(23)31-34(24)43(33(21(2)3)36(31)45)37(25)42(22,10)41(27,9)17-14-28(40)46-29/h19-20,22,27-29,32-33,35,44H,2,11-18H2,1,3-10H3/t22?,27?,28-,29-,32?,33-,35+,40-,41-,42?/m0/s1. The number of hydrogen-bond acceptors (Lipinski definition) is 5. The molecule has 1 N–H and O–H groups in total. The van der Waals surface area contributed by atoms with E-state index in [2.05, 4.69) is 78.7 Å². The molecule has 3 aliphatic heterocycles. The highest BCUT2D eigenvalue weighted by atomic mass is 32.2. The van der Waals surface area contributed by atoms with E-state index in [1.807, 2.05) is 18.7 Å². The second-order valence-corrected chi connectivity index (χ2v) is 19.9. The number of aliphatic hydroxyl groups is 1. The number of nitrogens with zero attached hydrogens (tertiary/aromatic N) is 1. The van der Waals surface area contributed by atoms with E-state index in [1.165, 1.54) is 35.9 Å². The van der Waals surface area contributed by atoms with Crippen molar-refractivity contribution in [1.29, 1.82) is 0 Å². The van der Waals surface area contributed by atoms with E-state index in [0.717, 1.165) is 64.8 Å². The van der Waals surface area contributed by atoms with Crippen LogP contribution in [0.25, 0.3) is 16.5 Å². The number of benzene rings is 1. The molecule has 6 heteroatoms. The highest BCUT2D eigenvalue weighted by molar-refractivity contribution is 7.99. The van der Waals surface area contributed by atoms with Crippen molar-refractivity contribution in [2.45, 2.75) is 148 Å². The first-order chi connectivity index (χ1) is 22.5. The number of thioether (sulfide) groups is 1. The van der Waals surface area contributed by atoms with Crippen LogP contribution in [0.3, 0.4) is 0 Å². The van der Waals surface area contributed by atoms with Crippen molar-refractivity contribution in [2.75, 3.05) is 5.75 Å². The van der Waals surface area contributed by atoms with Gasteiger partial charge >= 0.3 is 0 Å². The van der Waals surface area contributed by atoms with E-state index in [4.69, 9.17) is 9.47 Å². The Labute approximate surface area is 291 Å². The maximum absolute atomic E-state index is 14.9. The van der Waals surface area contributed by atoms with Crippen LogP contribution in [0.2, 0.25) is 0 Å². The molecular formula is C42H55NO4S. The van der Waals surface area contributed by atoms with Crippen LogP contribution in [0.4, 0.5) is 0 Å². The lowest BCUT2D eigenvalue weighted by Crippen LogP contribution is -2.64. The fraction of sp³-hybridized carbons (Fsp3) is 0.690. The number of aromatic nitrogens is 1. The molecule has 0 bridgehead atoms. The molecule has 0 radical (unpaired) electrons. The summed E-state index contributed by atoms with van der Waals surface area (Å²) in [5.41, 5.74) is 8.04. The van der Waals surface area contributed by atoms with Gasteiger partial charge in [0.2, 0.25) is 0 Å². The van der Waals surface area contributed by atoms with E-state index >= 15 is 0 Å². The molecule has 4 aliphatic carbocycles. The van der Waals surface area contributed by atoms with E-state index in [-0.39, 0.29) is 27.9 Å². The number of Topliss-reactive ketones (excluding diaryl/α,β-unsaturated/α-hetero) is 1. The fourth-order valence-electron chi connectivity index (χ4n) is 13.5. The highest BCUT2D eigenvalue weighted by Crippen LogP contribution is 2.73. The van der Waals surface area contributed by atoms with Gasteiger partial charge in [0.15, 0.2) is 5.78 Å². The molecule has 48 heavy (non-hydrogen) atoms. The van der Waals surface area contributed by atoms with Gasteiger partial charge in [-0.05, 0) is 137 Å². The van der Waals surface area contributed by atoms with E-state index in [0.29, 0.717) is 23.4 Å². The largest absolute Gasteiger partial charge is 0.388 e. The molecule has 3 fully saturated rings. The Morgan fingerprint density at radius 2 is 1.83 bits per heavy atom. The summed E-state index contributed by atoms with van der Waals surface area (Å²) in [6, 6.07) is 1.95. The van der Waals surface area contributed by atoms with Gasteiger partial charge in [-0.15, -0.1) is 11.8 Å². The van der Waals surface area contributed by atoms with Crippen LogP contribution in [0.5, 0.6) is 0 Å². The van der Waals surface area contributed by atoms with Crippen LogP contribution in [0, 0.1) is 28.6 Å². The molecule has 4 unspecified atom stereocenters. The normalized spacial score (nSPS) is 42.8. The molecule has 2 saturated carbocycles. The minimum atomic E-state index is -0.793. The molecule has 1 aromatic carbocycles. The zero-order valence-corrected chi connectivity index (χ0v) is 31.4. The van der Waals surface area contributed by atoms with Crippen molar-refractivity contribution in [3.05, 3.63) is 52.2 Å². The number of rotatable bonds is 3. The number of carbonyl (C=O) groups excluding carboxylic acids is 1. The summed E-state index contributed by atoms with van der Waals surface area (Å²) in [4.78, 5) is 14.9. The van der Waals surface area contributed by atoms with Crippen LogP contribution in [0.15, 0.2) is 24.3 Å². The Bertz CT molecular complexity index is 1850. The Morgan fingerprint density at radius 1 is 1.08 bits per heavy atom. The second-order valence-electron chi connectivity index (χ2n) is 18.5. The molecule has 9 rings (SSSR count). The molecule has 1 saturated heterocycles. The third kappa shape index (κ3) is 3.64. The predicted molar refractivity (Wildman–Crippen MR) is 195 cm³/mol. The number of allylic oxidation sites excluding steroid dienone is 1. The molecule has 0 spiro atoms. The molecule has 2 aromatic rings. The van der Waals surface area contributed by atoms with E-state index < -0.39 is 23.3 Å². The lowest BCUT2D eigenvalue weighted by atomic mass is 9.40. The average Bonchev–Trinajstić information content (AvgIpc) is 3.66. The summed E-state index contributed by atoms with van der Waals surface area (Å²) in [6.45, 7) is 24.9. The first kappa shape index (κ1) is 32.1. The summed E-state index contributed by atoms with van der Waals surface area (Å²) in [7, 11) is 0. The quantitative estimate of drug-likeness (QED) is 0.330. The van der Waals surface area contributed by atoms with Gasteiger partial charge in [0, 0.05) is 28.0 Å². The molecule has 5 nitrogen and oxygen atoms in total. The van der Waals surface area contributed by atoms with E-state index in [1.54, 1.807) is 0 Å². The lowest BCUT2D eigenvalue weighted by molar-refractivity contribution is -0.207. The highest BCUT2D eigenvalue weighted by Gasteiger charge is 2.69. The van der Waals surface area contributed by atoms with Crippen LogP contribution < -0.4 is 0 Å². The zero-order valence-electron chi connectivity index (χ0n) is 30.6. The van der Waals surface area contributed by atoms with Crippen molar-refractivity contribution >= 4 is 34.0 Å². The summed E-state index contributed by atoms with van der Waals surface area (Å²) < 4.78 is 15.9. The SMILES string of the molecule is C=C(C)[C@H]1C(=O)c2c3c(cc4c5c(n1c24)C1(C)C(CCC2[C@]4(C)CC[C@H](SCC)O[C@H]4CC[C@@]21C)C5)C1=CC(C)(C)OC(C)(C)C1[C@@H]3O. The van der Waals surface area contributed by atoms with Gasteiger partial charge in [0.1, 0.15) is 11.5 Å². The van der Waals surface area contributed by atoms with Gasteiger partial charge < -0.3 is 19.1 Å². The molecule has 0 amide bonds. The van der Waals surface area contributed by atoms with Crippen LogP contribution in [0.1, 0.15) is 146 Å². The number of fused-ring (bicyclic) bond motifs is 13. The Hall–Kier alpha value is -1.86. The van der Waals surface area contributed by atoms with Crippen molar-refractivity contribution in [1.82, 2.24) is 4.57 Å². The number of hydrogen-bond donors (Lipinski definition) is 1. The van der Waals surface area contributed by atoms with Crippen LogP contribution in [-0.4, -0.2) is 44.0 Å². The number of carbonyl (C=O) groups is 1.